The molecule has 0 fully saturated rings. The van der Waals surface area contributed by atoms with E-state index in [1.54, 1.807) is 55.5 Å². The zero-order chi connectivity index (χ0) is 32.9. The second-order valence-electron chi connectivity index (χ2n) is 10.6. The summed E-state index contributed by atoms with van der Waals surface area (Å²) in [7, 11) is 0. The molecule has 0 spiro atoms. The van der Waals surface area contributed by atoms with Crippen molar-refractivity contribution in [3.8, 4) is 11.5 Å². The molecule has 0 aliphatic carbocycles. The van der Waals surface area contributed by atoms with Gasteiger partial charge in [-0.2, -0.15) is 4.89 Å². The molecule has 0 bridgehead atoms. The van der Waals surface area contributed by atoms with Crippen LogP contribution in [0.25, 0.3) is 0 Å². The Morgan fingerprint density at radius 3 is 1.67 bits per heavy atom. The molecule has 0 radical (unpaired) electrons. The van der Waals surface area contributed by atoms with Crippen molar-refractivity contribution in [3.63, 3.8) is 0 Å². The number of carbonyl (C=O) groups excluding carboxylic acids is 1. The van der Waals surface area contributed by atoms with E-state index in [1.807, 2.05) is 31.2 Å². The average Bonchev–Trinajstić information content (AvgIpc) is 3.03. The van der Waals surface area contributed by atoms with Gasteiger partial charge in [-0.05, 0) is 85.8 Å². The number of aryl methyl sites for hydroxylation is 2. The number of ether oxygens (including phenoxy) is 3. The van der Waals surface area contributed by atoms with Gasteiger partial charge in [-0.15, -0.1) is 0 Å². The Labute approximate surface area is 267 Å². The van der Waals surface area contributed by atoms with Gasteiger partial charge >= 0.3 is 17.9 Å². The topological polar surface area (TPSA) is 138 Å². The Bertz CT molecular complexity index is 1630. The van der Waals surface area contributed by atoms with Gasteiger partial charge in [-0.3, -0.25) is 0 Å². The number of esters is 1. The number of carbonyl (C=O) groups is 3. The Hall–Kier alpha value is -5.03. The molecule has 240 valence electrons. The highest BCUT2D eigenvalue weighted by atomic mass is 17.2. The van der Waals surface area contributed by atoms with Gasteiger partial charge in [0.25, 0.3) is 0 Å². The molecule has 0 aliphatic rings. The SMILES string of the molecule is Cc1ccc(C(=O)O)c(COOc2ccc(CCOCCOCCc3ccc(OC(=O)c4cc(C)ccc4C(=O)O)cc3)cc2)c1. The number of carboxylic acid groups (broad SMARTS) is 2. The molecule has 46 heavy (non-hydrogen) atoms. The third-order valence-corrected chi connectivity index (χ3v) is 6.99. The molecule has 0 amide bonds. The van der Waals surface area contributed by atoms with Gasteiger partial charge in [0.1, 0.15) is 12.4 Å². The maximum atomic E-state index is 12.6. The minimum atomic E-state index is -1.19. The van der Waals surface area contributed by atoms with Gasteiger partial charge in [0.2, 0.25) is 0 Å². The minimum Gasteiger partial charge on any atom is -0.478 e. The zero-order valence-corrected chi connectivity index (χ0v) is 25.7. The maximum Gasteiger partial charge on any atom is 0.344 e. The Morgan fingerprint density at radius 2 is 1.11 bits per heavy atom. The molecule has 0 atom stereocenters. The summed E-state index contributed by atoms with van der Waals surface area (Å²) in [5, 5.41) is 18.7. The molecule has 4 aromatic carbocycles. The van der Waals surface area contributed by atoms with Crippen LogP contribution in [0.3, 0.4) is 0 Å². The summed E-state index contributed by atoms with van der Waals surface area (Å²) in [6.07, 6.45) is 1.38. The molecule has 4 rings (SSSR count). The zero-order valence-electron chi connectivity index (χ0n) is 25.7. The first kappa shape index (κ1) is 33.9. The largest absolute Gasteiger partial charge is 0.478 e. The smallest absolute Gasteiger partial charge is 0.344 e. The van der Waals surface area contributed by atoms with E-state index >= 15 is 0 Å². The predicted molar refractivity (Wildman–Crippen MR) is 169 cm³/mol. The molecule has 0 aromatic heterocycles. The first-order valence-electron chi connectivity index (χ1n) is 14.7. The Balaban J connectivity index is 1.08. The summed E-state index contributed by atoms with van der Waals surface area (Å²) >= 11 is 0. The van der Waals surface area contributed by atoms with Crippen molar-refractivity contribution < 1.29 is 48.6 Å². The van der Waals surface area contributed by atoms with Crippen molar-refractivity contribution in [2.24, 2.45) is 0 Å². The second-order valence-corrected chi connectivity index (χ2v) is 10.6. The highest BCUT2D eigenvalue weighted by molar-refractivity contribution is 6.03. The molecule has 0 aliphatic heterocycles. The van der Waals surface area contributed by atoms with Crippen LogP contribution in [-0.2, 0) is 33.8 Å². The number of aromatic carboxylic acids is 2. The lowest BCUT2D eigenvalue weighted by Crippen LogP contribution is -2.14. The fourth-order valence-corrected chi connectivity index (χ4v) is 4.52. The lowest BCUT2D eigenvalue weighted by atomic mass is 10.0. The van der Waals surface area contributed by atoms with E-state index in [0.717, 1.165) is 22.3 Å². The lowest BCUT2D eigenvalue weighted by Gasteiger charge is -2.10. The molecular formula is C36H36O10. The van der Waals surface area contributed by atoms with Crippen LogP contribution < -0.4 is 9.62 Å². The van der Waals surface area contributed by atoms with E-state index in [-0.39, 0.29) is 23.3 Å². The van der Waals surface area contributed by atoms with E-state index in [9.17, 15) is 24.6 Å². The number of carboxylic acids is 2. The monoisotopic (exact) mass is 628 g/mol. The number of hydrogen-bond acceptors (Lipinski definition) is 8. The van der Waals surface area contributed by atoms with Crippen molar-refractivity contribution in [2.75, 3.05) is 26.4 Å². The molecule has 0 heterocycles. The molecule has 10 nitrogen and oxygen atoms in total. The molecule has 0 unspecified atom stereocenters. The van der Waals surface area contributed by atoms with Crippen molar-refractivity contribution in [2.45, 2.75) is 33.3 Å². The molecule has 4 aromatic rings. The van der Waals surface area contributed by atoms with Gasteiger partial charge in [0.05, 0.1) is 43.1 Å². The quantitative estimate of drug-likeness (QED) is 0.0454. The van der Waals surface area contributed by atoms with Gasteiger partial charge in [-0.25, -0.2) is 14.4 Å². The normalized spacial score (nSPS) is 10.8. The first-order chi connectivity index (χ1) is 22.2. The van der Waals surface area contributed by atoms with Crippen LogP contribution in [0, 0.1) is 13.8 Å². The maximum absolute atomic E-state index is 12.6. The van der Waals surface area contributed by atoms with E-state index in [2.05, 4.69) is 0 Å². The minimum absolute atomic E-state index is 0.00943. The summed E-state index contributed by atoms with van der Waals surface area (Å²) in [4.78, 5) is 46.0. The van der Waals surface area contributed by atoms with Crippen molar-refractivity contribution in [1.29, 1.82) is 0 Å². The third-order valence-electron chi connectivity index (χ3n) is 6.99. The van der Waals surface area contributed by atoms with E-state index in [1.165, 1.54) is 12.1 Å². The summed E-state index contributed by atoms with van der Waals surface area (Å²) in [5.74, 6) is -2.09. The second kappa shape index (κ2) is 16.9. The summed E-state index contributed by atoms with van der Waals surface area (Å²) in [5.41, 5.74) is 4.39. The predicted octanol–water partition coefficient (Wildman–Crippen LogP) is 6.25. The van der Waals surface area contributed by atoms with Crippen LogP contribution in [0.5, 0.6) is 11.5 Å². The number of rotatable bonds is 17. The van der Waals surface area contributed by atoms with Gasteiger partial charge in [0, 0.05) is 0 Å². The molecule has 2 N–H and O–H groups in total. The van der Waals surface area contributed by atoms with Crippen LogP contribution in [0.2, 0.25) is 0 Å². The summed E-state index contributed by atoms with van der Waals surface area (Å²) in [6.45, 7) is 5.61. The fourth-order valence-electron chi connectivity index (χ4n) is 4.52. The van der Waals surface area contributed by atoms with E-state index < -0.39 is 17.9 Å². The molecule has 0 saturated heterocycles. The molecule has 0 saturated carbocycles. The molecular weight excluding hydrogens is 592 g/mol. The Kier molecular flexibility index (Phi) is 12.4. The number of benzene rings is 4. The highest BCUT2D eigenvalue weighted by Crippen LogP contribution is 2.19. The van der Waals surface area contributed by atoms with Crippen molar-refractivity contribution in [1.82, 2.24) is 0 Å². The Morgan fingerprint density at radius 1 is 0.587 bits per heavy atom. The summed E-state index contributed by atoms with van der Waals surface area (Å²) in [6, 6.07) is 24.0. The third kappa shape index (κ3) is 10.3. The van der Waals surface area contributed by atoms with Crippen LogP contribution in [-0.4, -0.2) is 54.5 Å². The summed E-state index contributed by atoms with van der Waals surface area (Å²) < 4.78 is 16.7. The standard InChI is InChI=1S/C36H36O10/c1-24-3-13-31(34(37)38)28(21-24)23-44-46-30-11-7-27(8-12-30)16-18-43-20-19-42-17-15-26-5-9-29(10-6-26)45-36(41)33-22-25(2)4-14-32(33)35(39)40/h3-14,21-22H,15-20,23H2,1-2H3,(H,37,38)(H,39,40). The first-order valence-corrected chi connectivity index (χ1v) is 14.7. The van der Waals surface area contributed by atoms with Gasteiger partial charge < -0.3 is 29.3 Å². The average molecular weight is 629 g/mol. The van der Waals surface area contributed by atoms with Gasteiger partial charge in [-0.1, -0.05) is 53.6 Å². The van der Waals surface area contributed by atoms with Crippen LogP contribution in [0.1, 0.15) is 58.9 Å². The van der Waals surface area contributed by atoms with Gasteiger partial charge in [0.15, 0.2) is 5.75 Å². The van der Waals surface area contributed by atoms with Crippen molar-refractivity contribution >= 4 is 17.9 Å². The van der Waals surface area contributed by atoms with E-state index in [0.29, 0.717) is 56.3 Å². The lowest BCUT2D eigenvalue weighted by molar-refractivity contribution is -0.217. The molecule has 10 heteroatoms. The van der Waals surface area contributed by atoms with Crippen molar-refractivity contribution in [3.05, 3.63) is 129 Å². The highest BCUT2D eigenvalue weighted by Gasteiger charge is 2.18. The van der Waals surface area contributed by atoms with E-state index in [4.69, 9.17) is 24.0 Å². The van der Waals surface area contributed by atoms with Crippen LogP contribution in [0.15, 0.2) is 84.9 Å². The van der Waals surface area contributed by atoms with Crippen LogP contribution >= 0.6 is 0 Å². The number of hydrogen-bond donors (Lipinski definition) is 2. The fraction of sp³-hybridized carbons (Fsp3) is 0.250. The van der Waals surface area contributed by atoms with Crippen LogP contribution in [0.4, 0.5) is 0 Å².